The molecule has 0 saturated heterocycles. The summed E-state index contributed by atoms with van der Waals surface area (Å²) >= 11 is 6.09. The molecule has 6 nitrogen and oxygen atoms in total. The van der Waals surface area contributed by atoms with E-state index in [-0.39, 0.29) is 22.9 Å². The maximum Gasteiger partial charge on any atom is 0.308 e. The number of pyridine rings is 1. The van der Waals surface area contributed by atoms with E-state index in [1.165, 1.54) is 19.4 Å². The smallest absolute Gasteiger partial charge is 0.308 e. The lowest BCUT2D eigenvalue weighted by Gasteiger charge is -2.11. The molecule has 2 rings (SSSR count). The van der Waals surface area contributed by atoms with Gasteiger partial charge in [-0.15, -0.1) is 0 Å². The van der Waals surface area contributed by atoms with Crippen LogP contribution in [-0.2, 0) is 14.3 Å². The molecule has 1 unspecified atom stereocenters. The number of esters is 1. The molecule has 1 atom stereocenters. The number of halogens is 1. The Kier molecular flexibility index (Phi) is 4.82. The number of amides is 1. The van der Waals surface area contributed by atoms with Gasteiger partial charge >= 0.3 is 5.97 Å². The zero-order valence-electron chi connectivity index (χ0n) is 12.1. The van der Waals surface area contributed by atoms with Gasteiger partial charge in [0.2, 0.25) is 5.91 Å². The van der Waals surface area contributed by atoms with E-state index in [4.69, 9.17) is 11.6 Å². The average molecular weight is 323 g/mol. The van der Waals surface area contributed by atoms with Gasteiger partial charge in [0.05, 0.1) is 23.7 Å². The zero-order valence-corrected chi connectivity index (χ0v) is 12.9. The summed E-state index contributed by atoms with van der Waals surface area (Å²) in [5.41, 5.74) is 0.137. The Balaban J connectivity index is 2.21. The number of hydrogen-bond acceptors (Lipinski definition) is 4. The first-order valence-electron chi connectivity index (χ1n) is 6.61. The van der Waals surface area contributed by atoms with Crippen LogP contribution in [0.4, 0.5) is 5.69 Å². The van der Waals surface area contributed by atoms with Crippen molar-refractivity contribution in [1.82, 2.24) is 4.98 Å². The van der Waals surface area contributed by atoms with Crippen LogP contribution in [0, 0.1) is 5.92 Å². The van der Waals surface area contributed by atoms with Gasteiger partial charge in [-0.1, -0.05) is 18.5 Å². The maximum absolute atomic E-state index is 12.0. The van der Waals surface area contributed by atoms with Crippen LogP contribution < -0.4 is 10.9 Å². The van der Waals surface area contributed by atoms with Crippen molar-refractivity contribution in [3.63, 3.8) is 0 Å². The van der Waals surface area contributed by atoms with Crippen molar-refractivity contribution in [3.8, 4) is 0 Å². The normalized spacial score (nSPS) is 12.0. The number of aromatic amines is 1. The van der Waals surface area contributed by atoms with Crippen molar-refractivity contribution in [2.24, 2.45) is 5.92 Å². The SMILES string of the molecule is COC(=O)C(C)CC(=O)Nc1cc2cc[nH]c(=O)c2cc1Cl. The molecule has 0 aliphatic heterocycles. The minimum absolute atomic E-state index is 0.0174. The molecular formula is C15H15ClN2O4. The quantitative estimate of drug-likeness (QED) is 0.845. The number of carbonyl (C=O) groups excluding carboxylic acids is 2. The van der Waals surface area contributed by atoms with Crippen LogP contribution in [0.5, 0.6) is 0 Å². The average Bonchev–Trinajstić information content (AvgIpc) is 2.48. The molecule has 1 heterocycles. The van der Waals surface area contributed by atoms with Crippen molar-refractivity contribution >= 4 is 39.9 Å². The minimum atomic E-state index is -0.549. The van der Waals surface area contributed by atoms with Crippen LogP contribution in [0.3, 0.4) is 0 Å². The highest BCUT2D eigenvalue weighted by molar-refractivity contribution is 6.34. The fourth-order valence-corrected chi connectivity index (χ4v) is 2.28. The molecule has 0 spiro atoms. The Morgan fingerprint density at radius 1 is 1.41 bits per heavy atom. The van der Waals surface area contributed by atoms with E-state index in [0.717, 1.165) is 0 Å². The topological polar surface area (TPSA) is 88.3 Å². The Hall–Kier alpha value is -2.34. The number of fused-ring (bicyclic) bond motifs is 1. The summed E-state index contributed by atoms with van der Waals surface area (Å²) in [5, 5.41) is 3.99. The second-order valence-electron chi connectivity index (χ2n) is 4.90. The zero-order chi connectivity index (χ0) is 16.3. The number of aromatic nitrogens is 1. The largest absolute Gasteiger partial charge is 0.469 e. The van der Waals surface area contributed by atoms with E-state index >= 15 is 0 Å². The first-order valence-corrected chi connectivity index (χ1v) is 6.98. The van der Waals surface area contributed by atoms with E-state index in [9.17, 15) is 14.4 Å². The predicted octanol–water partition coefficient (Wildman–Crippen LogP) is 2.32. The first kappa shape index (κ1) is 16.0. The van der Waals surface area contributed by atoms with Crippen LogP contribution in [0.2, 0.25) is 5.02 Å². The highest BCUT2D eigenvalue weighted by Crippen LogP contribution is 2.26. The van der Waals surface area contributed by atoms with Gasteiger partial charge in [0.15, 0.2) is 0 Å². The Morgan fingerprint density at radius 2 is 2.14 bits per heavy atom. The van der Waals surface area contributed by atoms with Crippen molar-refractivity contribution in [1.29, 1.82) is 0 Å². The lowest BCUT2D eigenvalue weighted by Crippen LogP contribution is -2.21. The summed E-state index contributed by atoms with van der Waals surface area (Å²) < 4.78 is 4.57. The van der Waals surface area contributed by atoms with Gasteiger partial charge in [-0.25, -0.2) is 0 Å². The molecular weight excluding hydrogens is 308 g/mol. The summed E-state index contributed by atoms with van der Waals surface area (Å²) in [6.07, 6.45) is 1.50. The van der Waals surface area contributed by atoms with Crippen LogP contribution >= 0.6 is 11.6 Å². The van der Waals surface area contributed by atoms with Gasteiger partial charge in [-0.2, -0.15) is 0 Å². The van der Waals surface area contributed by atoms with Gasteiger partial charge in [-0.05, 0) is 23.6 Å². The predicted molar refractivity (Wildman–Crippen MR) is 84.0 cm³/mol. The van der Waals surface area contributed by atoms with Crippen molar-refractivity contribution in [2.75, 3.05) is 12.4 Å². The fourth-order valence-electron chi connectivity index (χ4n) is 2.07. The minimum Gasteiger partial charge on any atom is -0.469 e. The monoisotopic (exact) mass is 322 g/mol. The Labute approximate surface area is 131 Å². The third-order valence-corrected chi connectivity index (χ3v) is 3.54. The molecule has 7 heteroatoms. The number of ether oxygens (including phenoxy) is 1. The molecule has 22 heavy (non-hydrogen) atoms. The lowest BCUT2D eigenvalue weighted by atomic mass is 10.1. The van der Waals surface area contributed by atoms with Crippen LogP contribution in [-0.4, -0.2) is 24.0 Å². The molecule has 0 aliphatic carbocycles. The second kappa shape index (κ2) is 6.62. The number of hydrogen-bond donors (Lipinski definition) is 2. The summed E-state index contributed by atoms with van der Waals surface area (Å²) in [5.74, 6) is -1.36. The third kappa shape index (κ3) is 3.46. The fraction of sp³-hybridized carbons (Fsp3) is 0.267. The van der Waals surface area contributed by atoms with Crippen LogP contribution in [0.15, 0.2) is 29.2 Å². The highest BCUT2D eigenvalue weighted by Gasteiger charge is 2.18. The Morgan fingerprint density at radius 3 is 2.82 bits per heavy atom. The number of benzene rings is 1. The van der Waals surface area contributed by atoms with Gasteiger partial charge in [0.25, 0.3) is 5.56 Å². The molecule has 2 N–H and O–H groups in total. The molecule has 1 aromatic heterocycles. The lowest BCUT2D eigenvalue weighted by molar-refractivity contribution is -0.146. The molecule has 0 radical (unpaired) electrons. The highest BCUT2D eigenvalue weighted by atomic mass is 35.5. The number of H-pyrrole nitrogens is 1. The summed E-state index contributed by atoms with van der Waals surface area (Å²) in [4.78, 5) is 37.5. The molecule has 0 fully saturated rings. The molecule has 0 bridgehead atoms. The van der Waals surface area contributed by atoms with Gasteiger partial charge in [-0.3, -0.25) is 14.4 Å². The standard InChI is InChI=1S/C15H15ClN2O4/c1-8(15(21)22-2)5-13(19)18-12-6-9-3-4-17-14(20)10(9)7-11(12)16/h3-4,6-8H,5H2,1-2H3,(H,17,20)(H,18,19). The van der Waals surface area contributed by atoms with E-state index < -0.39 is 11.9 Å². The second-order valence-corrected chi connectivity index (χ2v) is 5.31. The Bertz CT molecular complexity index is 785. The van der Waals surface area contributed by atoms with E-state index in [1.807, 2.05) is 0 Å². The number of anilines is 1. The van der Waals surface area contributed by atoms with Crippen LogP contribution in [0.25, 0.3) is 10.8 Å². The molecule has 0 aliphatic rings. The maximum atomic E-state index is 12.0. The molecule has 1 amide bonds. The summed E-state index contributed by atoms with van der Waals surface area (Å²) in [6, 6.07) is 4.82. The van der Waals surface area contributed by atoms with E-state index in [1.54, 1.807) is 19.1 Å². The molecule has 2 aromatic rings. The molecule has 1 aromatic carbocycles. The number of nitrogens with one attached hydrogen (secondary N) is 2. The molecule has 0 saturated carbocycles. The third-order valence-electron chi connectivity index (χ3n) is 3.23. The number of rotatable bonds is 4. The van der Waals surface area contributed by atoms with Crippen molar-refractivity contribution in [2.45, 2.75) is 13.3 Å². The first-order chi connectivity index (χ1) is 10.4. The van der Waals surface area contributed by atoms with Gasteiger partial charge in [0.1, 0.15) is 0 Å². The summed E-state index contributed by atoms with van der Waals surface area (Å²) in [6.45, 7) is 1.60. The van der Waals surface area contributed by atoms with Crippen molar-refractivity contribution in [3.05, 3.63) is 39.8 Å². The van der Waals surface area contributed by atoms with E-state index in [0.29, 0.717) is 16.5 Å². The van der Waals surface area contributed by atoms with E-state index in [2.05, 4.69) is 15.0 Å². The summed E-state index contributed by atoms with van der Waals surface area (Å²) in [7, 11) is 1.27. The van der Waals surface area contributed by atoms with Gasteiger partial charge < -0.3 is 15.0 Å². The van der Waals surface area contributed by atoms with Gasteiger partial charge in [0, 0.05) is 18.0 Å². The number of carbonyl (C=O) groups is 2. The number of methoxy groups -OCH3 is 1. The van der Waals surface area contributed by atoms with Crippen LogP contribution in [0.1, 0.15) is 13.3 Å². The van der Waals surface area contributed by atoms with Crippen molar-refractivity contribution < 1.29 is 14.3 Å². The molecule has 116 valence electrons.